The predicted molar refractivity (Wildman–Crippen MR) is 170 cm³/mol. The summed E-state index contributed by atoms with van der Waals surface area (Å²) >= 11 is 0. The first-order chi connectivity index (χ1) is 19.9. The fourth-order valence-electron chi connectivity index (χ4n) is 5.18. The number of aliphatic carboxylic acids is 1. The number of hydrogen-bond donors (Lipinski definition) is 2. The average Bonchev–Trinajstić information content (AvgIpc) is 2.90. The molecule has 42 heavy (non-hydrogen) atoms. The first-order valence-corrected chi connectivity index (χ1v) is 15.2. The van der Waals surface area contributed by atoms with Crippen LogP contribution in [-0.2, 0) is 14.4 Å². The van der Waals surface area contributed by atoms with Gasteiger partial charge in [0.05, 0.1) is 6.04 Å². The predicted octanol–water partition coefficient (Wildman–Crippen LogP) is 8.73. The summed E-state index contributed by atoms with van der Waals surface area (Å²) in [4.78, 5) is 36.1. The highest BCUT2D eigenvalue weighted by molar-refractivity contribution is 5.89. The van der Waals surface area contributed by atoms with E-state index in [4.69, 9.17) is 9.84 Å². The third-order valence-corrected chi connectivity index (χ3v) is 7.56. The van der Waals surface area contributed by atoms with Gasteiger partial charge in [0.2, 0.25) is 5.91 Å². The van der Waals surface area contributed by atoms with Gasteiger partial charge in [-0.3, -0.25) is 14.4 Å². The number of allylic oxidation sites excluding steroid dienone is 9. The maximum Gasteiger partial charge on any atom is 0.311 e. The minimum atomic E-state index is -0.882. The molecule has 0 radical (unpaired) electrons. The Hall–Kier alpha value is -3.67. The topological polar surface area (TPSA) is 92.7 Å². The van der Waals surface area contributed by atoms with Gasteiger partial charge in [-0.1, -0.05) is 80.9 Å². The lowest BCUT2D eigenvalue weighted by atomic mass is 9.72. The van der Waals surface area contributed by atoms with Crippen molar-refractivity contribution >= 4 is 17.8 Å². The van der Waals surface area contributed by atoms with Crippen molar-refractivity contribution in [2.24, 2.45) is 5.41 Å². The van der Waals surface area contributed by atoms with Crippen LogP contribution in [0.25, 0.3) is 0 Å². The van der Waals surface area contributed by atoms with E-state index in [1.54, 1.807) is 18.2 Å². The molecule has 1 aromatic carbocycles. The summed E-state index contributed by atoms with van der Waals surface area (Å²) in [5.41, 5.74) is 5.77. The normalized spacial score (nSPS) is 16.6. The monoisotopic (exact) mass is 575 g/mol. The molecule has 1 aromatic rings. The maximum atomic E-state index is 12.9. The third-order valence-electron chi connectivity index (χ3n) is 7.56. The molecular weight excluding hydrogens is 526 g/mol. The number of rotatable bonds is 15. The van der Waals surface area contributed by atoms with Crippen molar-refractivity contribution in [2.75, 3.05) is 0 Å². The number of hydrogen-bond acceptors (Lipinski definition) is 4. The van der Waals surface area contributed by atoms with Crippen LogP contribution in [0.2, 0.25) is 0 Å². The van der Waals surface area contributed by atoms with Crippen molar-refractivity contribution in [3.05, 3.63) is 88.6 Å². The van der Waals surface area contributed by atoms with Crippen molar-refractivity contribution in [3.8, 4) is 5.75 Å². The van der Waals surface area contributed by atoms with Gasteiger partial charge in [-0.05, 0) is 93.6 Å². The molecule has 0 aliphatic heterocycles. The van der Waals surface area contributed by atoms with Crippen molar-refractivity contribution in [2.45, 2.75) is 105 Å². The van der Waals surface area contributed by atoms with E-state index in [1.807, 2.05) is 38.1 Å². The van der Waals surface area contributed by atoms with Crippen molar-refractivity contribution in [3.63, 3.8) is 0 Å². The summed E-state index contributed by atoms with van der Waals surface area (Å²) in [6, 6.07) is 6.64. The lowest BCUT2D eigenvalue weighted by molar-refractivity contribution is -0.137. The zero-order chi connectivity index (χ0) is 31.1. The molecule has 228 valence electrons. The lowest BCUT2D eigenvalue weighted by Gasteiger charge is -2.32. The molecule has 0 fully saturated rings. The number of ether oxygens (including phenoxy) is 1. The Morgan fingerprint density at radius 3 is 2.55 bits per heavy atom. The Balaban J connectivity index is 2.09. The molecule has 0 saturated heterocycles. The van der Waals surface area contributed by atoms with Gasteiger partial charge in [-0.15, -0.1) is 0 Å². The van der Waals surface area contributed by atoms with Crippen molar-refractivity contribution < 1.29 is 24.2 Å². The van der Waals surface area contributed by atoms with Gasteiger partial charge in [0.15, 0.2) is 0 Å². The van der Waals surface area contributed by atoms with Crippen LogP contribution < -0.4 is 10.1 Å². The zero-order valence-electron chi connectivity index (χ0n) is 26.3. The van der Waals surface area contributed by atoms with Crippen LogP contribution >= 0.6 is 0 Å². The number of esters is 1. The minimum absolute atomic E-state index is 0.00412. The van der Waals surface area contributed by atoms with E-state index < -0.39 is 12.0 Å². The number of carbonyl (C=O) groups is 3. The molecule has 6 nitrogen and oxygen atoms in total. The van der Waals surface area contributed by atoms with Crippen molar-refractivity contribution in [1.82, 2.24) is 5.32 Å². The highest BCUT2D eigenvalue weighted by Gasteiger charge is 2.26. The number of nitrogens with one attached hydrogen (secondary N) is 1. The van der Waals surface area contributed by atoms with Gasteiger partial charge in [0, 0.05) is 18.9 Å². The summed E-state index contributed by atoms with van der Waals surface area (Å²) in [5, 5.41) is 12.1. The van der Waals surface area contributed by atoms with E-state index in [9.17, 15) is 14.4 Å². The van der Waals surface area contributed by atoms with Crippen LogP contribution in [-0.4, -0.2) is 23.0 Å². The lowest BCUT2D eigenvalue weighted by Crippen LogP contribution is -2.27. The molecule has 0 saturated carbocycles. The van der Waals surface area contributed by atoms with Gasteiger partial charge in [0.1, 0.15) is 5.75 Å². The van der Waals surface area contributed by atoms with E-state index in [1.165, 1.54) is 30.1 Å². The van der Waals surface area contributed by atoms with Gasteiger partial charge in [-0.25, -0.2) is 0 Å². The molecule has 0 aromatic heterocycles. The Kier molecular flexibility index (Phi) is 14.2. The van der Waals surface area contributed by atoms with E-state index in [2.05, 4.69) is 45.2 Å². The second kappa shape index (κ2) is 17.3. The van der Waals surface area contributed by atoms with E-state index >= 15 is 0 Å². The molecule has 0 heterocycles. The summed E-state index contributed by atoms with van der Waals surface area (Å²) in [6.45, 7) is 12.8. The molecule has 0 bridgehead atoms. The molecule has 0 spiro atoms. The fourth-order valence-corrected chi connectivity index (χ4v) is 5.18. The quantitative estimate of drug-likeness (QED) is 0.0944. The Labute approximate surface area is 252 Å². The number of benzene rings is 1. The first-order valence-electron chi connectivity index (χ1n) is 15.2. The standard InChI is InChI=1S/C36H49NO5/c1-7-8-20-35(41)42-30-17-10-16-29(25-30)32(18-11-19-34(39)40)37-33(38)24-27(3)14-9-13-26(2)21-22-31-28(4)15-12-23-36(31,5)6/h9-10,13-14,16-17,21-22,24-25,32H,7-8,11-12,15,18-20,23H2,1-6H3,(H,37,38)(H,39,40). The van der Waals surface area contributed by atoms with Crippen LogP contribution in [0.4, 0.5) is 0 Å². The van der Waals surface area contributed by atoms with Gasteiger partial charge < -0.3 is 15.2 Å². The molecule has 1 atom stereocenters. The van der Waals surface area contributed by atoms with Crippen LogP contribution in [0.3, 0.4) is 0 Å². The van der Waals surface area contributed by atoms with E-state index in [-0.39, 0.29) is 23.7 Å². The number of carbonyl (C=O) groups excluding carboxylic acids is 2. The molecule has 2 rings (SSSR count). The highest BCUT2D eigenvalue weighted by Crippen LogP contribution is 2.40. The summed E-state index contributed by atoms with van der Waals surface area (Å²) < 4.78 is 5.47. The summed E-state index contributed by atoms with van der Waals surface area (Å²) in [7, 11) is 0. The summed E-state index contributed by atoms with van der Waals surface area (Å²) in [5.74, 6) is -1.04. The summed E-state index contributed by atoms with van der Waals surface area (Å²) in [6.07, 6.45) is 18.2. The molecule has 1 aliphatic carbocycles. The molecule has 1 unspecified atom stereocenters. The van der Waals surface area contributed by atoms with Crippen LogP contribution in [0.5, 0.6) is 5.75 Å². The maximum absolute atomic E-state index is 12.9. The zero-order valence-corrected chi connectivity index (χ0v) is 26.3. The van der Waals surface area contributed by atoms with E-state index in [0.29, 0.717) is 25.0 Å². The number of unbranched alkanes of at least 4 members (excludes halogenated alkanes) is 1. The second-order valence-electron chi connectivity index (χ2n) is 11.9. The largest absolute Gasteiger partial charge is 0.481 e. The number of carboxylic acids is 1. The molecule has 1 amide bonds. The smallest absolute Gasteiger partial charge is 0.311 e. The molecule has 2 N–H and O–H groups in total. The minimum Gasteiger partial charge on any atom is -0.481 e. The van der Waals surface area contributed by atoms with E-state index in [0.717, 1.165) is 36.0 Å². The highest BCUT2D eigenvalue weighted by atomic mass is 16.5. The van der Waals surface area contributed by atoms with Gasteiger partial charge in [0.25, 0.3) is 0 Å². The molecule has 6 heteroatoms. The Bertz CT molecular complexity index is 1240. The number of amides is 1. The number of carboxylic acid groups (broad SMARTS) is 1. The Morgan fingerprint density at radius 1 is 1.10 bits per heavy atom. The SMILES string of the molecule is CCCCC(=O)Oc1cccc(C(CCCC(=O)O)NC(=O)C=C(C)C=CC=C(C)C=CC2=C(C)CCCC2(C)C)c1. The molecule has 1 aliphatic rings. The Morgan fingerprint density at radius 2 is 1.86 bits per heavy atom. The first kappa shape index (κ1) is 34.5. The van der Waals surface area contributed by atoms with Crippen LogP contribution in [0.1, 0.15) is 111 Å². The average molecular weight is 576 g/mol. The second-order valence-corrected chi connectivity index (χ2v) is 11.9. The van der Waals surface area contributed by atoms with Crippen molar-refractivity contribution in [1.29, 1.82) is 0 Å². The van der Waals surface area contributed by atoms with Gasteiger partial charge >= 0.3 is 11.9 Å². The van der Waals surface area contributed by atoms with Gasteiger partial charge in [-0.2, -0.15) is 0 Å². The fraction of sp³-hybridized carbons (Fsp3) is 0.472. The van der Waals surface area contributed by atoms with Crippen LogP contribution in [0.15, 0.2) is 83.0 Å². The van der Waals surface area contributed by atoms with Crippen LogP contribution in [0, 0.1) is 5.41 Å². The molecular formula is C36H49NO5. The third kappa shape index (κ3) is 12.5.